The van der Waals surface area contributed by atoms with Gasteiger partial charge >= 0.3 is 0 Å². The summed E-state index contributed by atoms with van der Waals surface area (Å²) < 4.78 is 27.1. The Morgan fingerprint density at radius 2 is 2.00 bits per heavy atom. The topological polar surface area (TPSA) is 52.9 Å². The number of hydrogen-bond donors (Lipinski definition) is 1. The van der Waals surface area contributed by atoms with Crippen LogP contribution in [0.1, 0.15) is 34.0 Å². The molecule has 0 aliphatic carbocycles. The molecule has 0 bridgehead atoms. The van der Waals surface area contributed by atoms with Crippen molar-refractivity contribution in [3.63, 3.8) is 0 Å². The van der Waals surface area contributed by atoms with Gasteiger partial charge in [-0.15, -0.1) is 0 Å². The Morgan fingerprint density at radius 1 is 1.27 bits per heavy atom. The number of carbonyl (C=O) groups excluding carboxylic acids is 1. The molecule has 0 radical (unpaired) electrons. The average Bonchev–Trinajstić information content (AvgIpc) is 2.50. The van der Waals surface area contributed by atoms with Gasteiger partial charge in [-0.3, -0.25) is 4.79 Å². The minimum Gasteiger partial charge on any atom is -0.322 e. The van der Waals surface area contributed by atoms with Gasteiger partial charge in [0.15, 0.2) is 0 Å². The lowest BCUT2D eigenvalue weighted by molar-refractivity contribution is 0.102. The maximum absolute atomic E-state index is 13.6. The average molecular weight is 300 g/mol. The first-order valence-electron chi connectivity index (χ1n) is 6.76. The third-order valence-electron chi connectivity index (χ3n) is 3.46. The summed E-state index contributed by atoms with van der Waals surface area (Å²) in [6.45, 7) is 3.68. The molecule has 0 atom stereocenters. The van der Waals surface area contributed by atoms with Crippen molar-refractivity contribution in [1.82, 2.24) is 0 Å². The SMILES string of the molecule is CCc1cc(F)cc(NC(=O)c2ccc(C#N)c(F)c2)c1C. The van der Waals surface area contributed by atoms with Crippen LogP contribution in [0.15, 0.2) is 30.3 Å². The standard InChI is InChI=1S/C17H14F2N2O/c1-3-11-6-14(18)8-16(10(11)2)21-17(22)12-4-5-13(9-20)15(19)7-12/h4-8H,3H2,1-2H3,(H,21,22). The van der Waals surface area contributed by atoms with Crippen molar-refractivity contribution in [3.8, 4) is 6.07 Å². The zero-order valence-electron chi connectivity index (χ0n) is 12.2. The highest BCUT2D eigenvalue weighted by molar-refractivity contribution is 6.04. The molecule has 0 saturated heterocycles. The number of amides is 1. The Labute approximate surface area is 127 Å². The number of nitrogens with one attached hydrogen (secondary N) is 1. The lowest BCUT2D eigenvalue weighted by Gasteiger charge is -2.12. The fraction of sp³-hybridized carbons (Fsp3) is 0.176. The van der Waals surface area contributed by atoms with Crippen LogP contribution in [0.4, 0.5) is 14.5 Å². The highest BCUT2D eigenvalue weighted by atomic mass is 19.1. The van der Waals surface area contributed by atoms with Gasteiger partial charge in [-0.25, -0.2) is 8.78 Å². The molecular weight excluding hydrogens is 286 g/mol. The van der Waals surface area contributed by atoms with Crippen molar-refractivity contribution < 1.29 is 13.6 Å². The molecular formula is C17H14F2N2O. The normalized spacial score (nSPS) is 10.1. The van der Waals surface area contributed by atoms with E-state index in [1.807, 2.05) is 6.92 Å². The number of nitrogens with zero attached hydrogens (tertiary/aromatic N) is 1. The van der Waals surface area contributed by atoms with E-state index in [0.29, 0.717) is 12.1 Å². The van der Waals surface area contributed by atoms with Crippen molar-refractivity contribution in [1.29, 1.82) is 5.26 Å². The van der Waals surface area contributed by atoms with Gasteiger partial charge in [-0.2, -0.15) is 5.26 Å². The van der Waals surface area contributed by atoms with Gasteiger partial charge in [0.2, 0.25) is 0 Å². The van der Waals surface area contributed by atoms with Crippen LogP contribution in [0.3, 0.4) is 0 Å². The largest absolute Gasteiger partial charge is 0.322 e. The number of aryl methyl sites for hydroxylation is 1. The van der Waals surface area contributed by atoms with Crippen LogP contribution in [-0.2, 0) is 6.42 Å². The second kappa shape index (κ2) is 6.35. The fourth-order valence-electron chi connectivity index (χ4n) is 2.17. The third kappa shape index (κ3) is 3.12. The number of halogens is 2. The van der Waals surface area contributed by atoms with E-state index in [1.54, 1.807) is 13.0 Å². The van der Waals surface area contributed by atoms with Crippen molar-refractivity contribution in [2.45, 2.75) is 20.3 Å². The predicted octanol–water partition coefficient (Wildman–Crippen LogP) is 3.96. The summed E-state index contributed by atoms with van der Waals surface area (Å²) in [6.07, 6.45) is 0.637. The molecule has 5 heteroatoms. The molecule has 1 N–H and O–H groups in total. The molecule has 0 spiro atoms. The Hall–Kier alpha value is -2.74. The van der Waals surface area contributed by atoms with E-state index in [4.69, 9.17) is 5.26 Å². The predicted molar refractivity (Wildman–Crippen MR) is 79.6 cm³/mol. The van der Waals surface area contributed by atoms with Gasteiger partial charge in [-0.05, 0) is 54.8 Å². The Balaban J connectivity index is 2.32. The number of hydrogen-bond acceptors (Lipinski definition) is 2. The molecule has 2 aromatic rings. The van der Waals surface area contributed by atoms with Crippen LogP contribution in [0.2, 0.25) is 0 Å². The summed E-state index contributed by atoms with van der Waals surface area (Å²) in [5.74, 6) is -1.76. The minimum absolute atomic E-state index is 0.0678. The number of benzene rings is 2. The Bertz CT molecular complexity index is 779. The van der Waals surface area contributed by atoms with Crippen molar-refractivity contribution >= 4 is 11.6 Å². The molecule has 22 heavy (non-hydrogen) atoms. The molecule has 2 aromatic carbocycles. The van der Waals surface area contributed by atoms with Crippen molar-refractivity contribution in [3.05, 3.63) is 64.2 Å². The fourth-order valence-corrected chi connectivity index (χ4v) is 2.17. The Morgan fingerprint density at radius 3 is 2.59 bits per heavy atom. The molecule has 0 aromatic heterocycles. The maximum Gasteiger partial charge on any atom is 0.255 e. The maximum atomic E-state index is 13.6. The first kappa shape index (κ1) is 15.6. The van der Waals surface area contributed by atoms with Crippen LogP contribution in [0.25, 0.3) is 0 Å². The van der Waals surface area contributed by atoms with Gasteiger partial charge in [0.05, 0.1) is 5.56 Å². The summed E-state index contributed by atoms with van der Waals surface area (Å²) in [7, 11) is 0. The summed E-state index contributed by atoms with van der Waals surface area (Å²) in [5.41, 5.74) is 1.85. The van der Waals surface area contributed by atoms with Gasteiger partial charge < -0.3 is 5.32 Å². The molecule has 0 saturated carbocycles. The number of anilines is 1. The molecule has 0 fully saturated rings. The van der Waals surface area contributed by atoms with Crippen LogP contribution in [0, 0.1) is 29.9 Å². The number of rotatable bonds is 3. The molecule has 1 amide bonds. The lowest BCUT2D eigenvalue weighted by Crippen LogP contribution is -2.14. The molecule has 0 aliphatic rings. The van der Waals surface area contributed by atoms with Crippen molar-refractivity contribution in [2.24, 2.45) is 0 Å². The third-order valence-corrected chi connectivity index (χ3v) is 3.46. The number of carbonyl (C=O) groups is 1. The van der Waals surface area contributed by atoms with E-state index in [0.717, 1.165) is 17.2 Å². The van der Waals surface area contributed by atoms with Crippen LogP contribution in [-0.4, -0.2) is 5.91 Å². The van der Waals surface area contributed by atoms with E-state index >= 15 is 0 Å². The summed E-state index contributed by atoms with van der Waals surface area (Å²) in [5, 5.41) is 11.3. The summed E-state index contributed by atoms with van der Waals surface area (Å²) >= 11 is 0. The summed E-state index contributed by atoms with van der Waals surface area (Å²) in [6, 6.07) is 7.92. The molecule has 3 nitrogen and oxygen atoms in total. The molecule has 0 aliphatic heterocycles. The molecule has 112 valence electrons. The molecule has 0 heterocycles. The molecule has 2 rings (SSSR count). The lowest BCUT2D eigenvalue weighted by atomic mass is 10.0. The number of nitriles is 1. The van der Waals surface area contributed by atoms with Gasteiger partial charge in [-0.1, -0.05) is 6.92 Å². The second-order valence-electron chi connectivity index (χ2n) is 4.85. The van der Waals surface area contributed by atoms with E-state index in [1.165, 1.54) is 24.3 Å². The van der Waals surface area contributed by atoms with E-state index in [9.17, 15) is 13.6 Å². The second-order valence-corrected chi connectivity index (χ2v) is 4.85. The highest BCUT2D eigenvalue weighted by Gasteiger charge is 2.13. The monoisotopic (exact) mass is 300 g/mol. The van der Waals surface area contributed by atoms with Crippen LogP contribution < -0.4 is 5.32 Å². The van der Waals surface area contributed by atoms with E-state index in [-0.39, 0.29) is 11.1 Å². The van der Waals surface area contributed by atoms with Gasteiger partial charge in [0.1, 0.15) is 17.7 Å². The smallest absolute Gasteiger partial charge is 0.255 e. The zero-order chi connectivity index (χ0) is 16.3. The quantitative estimate of drug-likeness (QED) is 0.932. The minimum atomic E-state index is -0.764. The van der Waals surface area contributed by atoms with Crippen molar-refractivity contribution in [2.75, 3.05) is 5.32 Å². The first-order valence-corrected chi connectivity index (χ1v) is 6.76. The Kier molecular flexibility index (Phi) is 4.52. The van der Waals surface area contributed by atoms with Gasteiger partial charge in [0.25, 0.3) is 5.91 Å². The van der Waals surface area contributed by atoms with E-state index < -0.39 is 17.5 Å². The molecule has 0 unspecified atom stereocenters. The first-order chi connectivity index (χ1) is 10.5. The van der Waals surface area contributed by atoms with E-state index in [2.05, 4.69) is 5.32 Å². The zero-order valence-corrected chi connectivity index (χ0v) is 12.2. The van der Waals surface area contributed by atoms with Gasteiger partial charge in [0, 0.05) is 11.3 Å². The van der Waals surface area contributed by atoms with Crippen LogP contribution in [0.5, 0.6) is 0 Å². The summed E-state index contributed by atoms with van der Waals surface area (Å²) in [4.78, 5) is 12.1. The van der Waals surface area contributed by atoms with Crippen LogP contribution >= 0.6 is 0 Å². The highest BCUT2D eigenvalue weighted by Crippen LogP contribution is 2.22.